The van der Waals surface area contributed by atoms with Crippen LogP contribution in [0.25, 0.3) is 0 Å². The highest BCUT2D eigenvalue weighted by molar-refractivity contribution is 6.37. The second-order valence-electron chi connectivity index (χ2n) is 6.62. The summed E-state index contributed by atoms with van der Waals surface area (Å²) in [5.41, 5.74) is 0.705. The minimum Gasteiger partial charge on any atom is -0.422 e. The van der Waals surface area contributed by atoms with Gasteiger partial charge >= 0.3 is 11.9 Å². The molecule has 1 aliphatic heterocycles. The number of benzene rings is 1. The molecule has 1 aliphatic rings. The zero-order valence-corrected chi connectivity index (χ0v) is 16.2. The Morgan fingerprint density at radius 1 is 1.15 bits per heavy atom. The lowest BCUT2D eigenvalue weighted by Crippen LogP contribution is -2.46. The molecule has 27 heavy (non-hydrogen) atoms. The van der Waals surface area contributed by atoms with Crippen LogP contribution >= 0.6 is 23.2 Å². The van der Waals surface area contributed by atoms with Crippen LogP contribution in [-0.2, 0) is 25.6 Å². The Bertz CT molecular complexity index is 899. The van der Waals surface area contributed by atoms with Gasteiger partial charge in [0.2, 0.25) is 5.78 Å². The van der Waals surface area contributed by atoms with Crippen LogP contribution in [0.3, 0.4) is 0 Å². The molecule has 2 heterocycles. The average molecular weight is 410 g/mol. The summed E-state index contributed by atoms with van der Waals surface area (Å²) in [6, 6.07) is 8.00. The van der Waals surface area contributed by atoms with E-state index in [-0.39, 0.29) is 23.8 Å². The van der Waals surface area contributed by atoms with Crippen molar-refractivity contribution in [1.82, 2.24) is 4.57 Å². The zero-order chi connectivity index (χ0) is 19.8. The van der Waals surface area contributed by atoms with Gasteiger partial charge in [0.15, 0.2) is 5.92 Å². The average Bonchev–Trinajstić information content (AvgIpc) is 3.01. The van der Waals surface area contributed by atoms with E-state index in [0.29, 0.717) is 16.3 Å². The molecule has 0 atom stereocenters. The number of hydrogen-bond donors (Lipinski definition) is 0. The molecule has 6 nitrogen and oxygen atoms in total. The molecule has 1 aromatic carbocycles. The summed E-state index contributed by atoms with van der Waals surface area (Å²) in [6.45, 7) is 3.25. The van der Waals surface area contributed by atoms with E-state index in [1.165, 1.54) is 19.9 Å². The van der Waals surface area contributed by atoms with Gasteiger partial charge in [-0.05, 0) is 36.8 Å². The van der Waals surface area contributed by atoms with Crippen molar-refractivity contribution in [2.45, 2.75) is 32.6 Å². The number of hydrogen-bond acceptors (Lipinski definition) is 5. The minimum atomic E-state index is -1.26. The standard InChI is InChI=1S/C19H17Cl2NO5/c1-19(2)26-17(24)13(18(25)27-19)7-9-22-8-3-4-15(22)16(23)12-6-5-11(20)10-14(12)21/h3-6,8,10,13H,7,9H2,1-2H3. The van der Waals surface area contributed by atoms with Gasteiger partial charge in [-0.15, -0.1) is 0 Å². The normalized spacial score (nSPS) is 16.7. The van der Waals surface area contributed by atoms with Gasteiger partial charge in [0.05, 0.1) is 10.7 Å². The summed E-state index contributed by atoms with van der Waals surface area (Å²) < 4.78 is 11.9. The van der Waals surface area contributed by atoms with Crippen LogP contribution in [-0.4, -0.2) is 28.1 Å². The molecule has 1 aromatic heterocycles. The Balaban J connectivity index is 1.75. The van der Waals surface area contributed by atoms with E-state index in [2.05, 4.69) is 0 Å². The number of carbonyl (C=O) groups is 3. The van der Waals surface area contributed by atoms with Crippen molar-refractivity contribution >= 4 is 40.9 Å². The summed E-state index contributed by atoms with van der Waals surface area (Å²) in [5, 5.41) is 0.686. The molecule has 0 radical (unpaired) electrons. The van der Waals surface area contributed by atoms with Gasteiger partial charge in [0, 0.05) is 37.2 Å². The van der Waals surface area contributed by atoms with Crippen LogP contribution < -0.4 is 0 Å². The monoisotopic (exact) mass is 409 g/mol. The van der Waals surface area contributed by atoms with E-state index in [0.717, 1.165) is 0 Å². The van der Waals surface area contributed by atoms with Gasteiger partial charge in [-0.25, -0.2) is 0 Å². The fourth-order valence-electron chi connectivity index (χ4n) is 2.87. The zero-order valence-electron chi connectivity index (χ0n) is 14.7. The summed E-state index contributed by atoms with van der Waals surface area (Å²) in [7, 11) is 0. The van der Waals surface area contributed by atoms with Crippen molar-refractivity contribution in [3.8, 4) is 0 Å². The van der Waals surface area contributed by atoms with Crippen LogP contribution in [0.1, 0.15) is 36.3 Å². The van der Waals surface area contributed by atoms with Gasteiger partial charge in [-0.1, -0.05) is 23.2 Å². The van der Waals surface area contributed by atoms with Crippen LogP contribution in [0.4, 0.5) is 0 Å². The highest BCUT2D eigenvalue weighted by atomic mass is 35.5. The van der Waals surface area contributed by atoms with Crippen LogP contribution in [0, 0.1) is 5.92 Å². The van der Waals surface area contributed by atoms with E-state index in [1.54, 1.807) is 35.0 Å². The quantitative estimate of drug-likeness (QED) is 0.425. The summed E-state index contributed by atoms with van der Waals surface area (Å²) in [4.78, 5) is 36.9. The molecule has 1 saturated heterocycles. The van der Waals surface area contributed by atoms with Crippen molar-refractivity contribution in [3.05, 3.63) is 57.8 Å². The van der Waals surface area contributed by atoms with Crippen LogP contribution in [0.2, 0.25) is 10.0 Å². The Hall–Kier alpha value is -2.31. The summed E-state index contributed by atoms with van der Waals surface area (Å²) >= 11 is 12.0. The molecular weight excluding hydrogens is 393 g/mol. The van der Waals surface area contributed by atoms with Crippen molar-refractivity contribution in [1.29, 1.82) is 0 Å². The lowest BCUT2D eigenvalue weighted by atomic mass is 10.0. The van der Waals surface area contributed by atoms with Gasteiger partial charge in [-0.2, -0.15) is 0 Å². The van der Waals surface area contributed by atoms with Gasteiger partial charge in [-0.3, -0.25) is 14.4 Å². The van der Waals surface area contributed by atoms with Gasteiger partial charge in [0.1, 0.15) is 0 Å². The fourth-order valence-corrected chi connectivity index (χ4v) is 3.37. The molecule has 0 aliphatic carbocycles. The first-order valence-electron chi connectivity index (χ1n) is 8.28. The third-order valence-corrected chi connectivity index (χ3v) is 4.71. The van der Waals surface area contributed by atoms with E-state index in [9.17, 15) is 14.4 Å². The lowest BCUT2D eigenvalue weighted by Gasteiger charge is -2.32. The SMILES string of the molecule is CC1(C)OC(=O)C(CCn2cccc2C(=O)c2ccc(Cl)cc2Cl)C(=O)O1. The predicted molar refractivity (Wildman–Crippen MR) is 98.7 cm³/mol. The molecule has 1 fully saturated rings. The van der Waals surface area contributed by atoms with E-state index in [4.69, 9.17) is 32.7 Å². The topological polar surface area (TPSA) is 74.6 Å². The van der Waals surface area contributed by atoms with Crippen molar-refractivity contribution in [3.63, 3.8) is 0 Å². The molecule has 0 spiro atoms. The first kappa shape index (κ1) is 19.5. The number of carbonyl (C=O) groups excluding carboxylic acids is 3. The molecular formula is C19H17Cl2NO5. The molecule has 0 unspecified atom stereocenters. The number of aromatic nitrogens is 1. The second-order valence-corrected chi connectivity index (χ2v) is 7.47. The maximum absolute atomic E-state index is 12.8. The Morgan fingerprint density at radius 3 is 2.44 bits per heavy atom. The molecule has 0 N–H and O–H groups in total. The fraction of sp³-hybridized carbons (Fsp3) is 0.316. The predicted octanol–water partition coefficient (Wildman–Crippen LogP) is 3.87. The van der Waals surface area contributed by atoms with Gasteiger partial charge < -0.3 is 14.0 Å². The molecule has 2 aromatic rings. The molecule has 0 amide bonds. The Morgan fingerprint density at radius 2 is 1.81 bits per heavy atom. The van der Waals surface area contributed by atoms with Crippen molar-refractivity contribution < 1.29 is 23.9 Å². The molecule has 0 saturated carbocycles. The summed E-state index contributed by atoms with van der Waals surface area (Å²) in [5.74, 6) is -3.82. The maximum Gasteiger partial charge on any atom is 0.323 e. The smallest absolute Gasteiger partial charge is 0.323 e. The Labute approximate surface area is 166 Å². The number of halogens is 2. The third-order valence-electron chi connectivity index (χ3n) is 4.16. The largest absolute Gasteiger partial charge is 0.422 e. The number of cyclic esters (lactones) is 2. The number of ketones is 1. The van der Waals surface area contributed by atoms with Crippen molar-refractivity contribution in [2.75, 3.05) is 0 Å². The minimum absolute atomic E-state index is 0.150. The highest BCUT2D eigenvalue weighted by Gasteiger charge is 2.42. The van der Waals surface area contributed by atoms with E-state index >= 15 is 0 Å². The summed E-state index contributed by atoms with van der Waals surface area (Å²) in [6.07, 6.45) is 1.84. The van der Waals surface area contributed by atoms with E-state index in [1.807, 2.05) is 0 Å². The highest BCUT2D eigenvalue weighted by Crippen LogP contribution is 2.27. The molecule has 0 bridgehead atoms. The first-order valence-corrected chi connectivity index (χ1v) is 9.04. The Kier molecular flexibility index (Phi) is 5.31. The van der Waals surface area contributed by atoms with Crippen molar-refractivity contribution in [2.24, 2.45) is 5.92 Å². The third kappa shape index (κ3) is 4.17. The number of aryl methyl sites for hydroxylation is 1. The molecule has 8 heteroatoms. The molecule has 3 rings (SSSR count). The number of nitrogens with zero attached hydrogens (tertiary/aromatic N) is 1. The van der Waals surface area contributed by atoms with Gasteiger partial charge in [0.25, 0.3) is 5.79 Å². The lowest BCUT2D eigenvalue weighted by molar-refractivity contribution is -0.240. The van der Waals surface area contributed by atoms with E-state index < -0.39 is 23.6 Å². The number of rotatable bonds is 5. The first-order chi connectivity index (χ1) is 12.7. The van der Waals surface area contributed by atoms with Crippen LogP contribution in [0.5, 0.6) is 0 Å². The maximum atomic E-state index is 12.8. The van der Waals surface area contributed by atoms with Crippen LogP contribution in [0.15, 0.2) is 36.5 Å². The number of ether oxygens (including phenoxy) is 2. The molecule has 142 valence electrons. The number of esters is 2. The second kappa shape index (κ2) is 7.37.